The Labute approximate surface area is 358 Å². The highest BCUT2D eigenvalue weighted by Gasteiger charge is 2.54. The molecule has 1 aliphatic rings. The van der Waals surface area contributed by atoms with Gasteiger partial charge in [-0.1, -0.05) is 155 Å². The quantitative estimate of drug-likeness (QED) is 0.0179. The van der Waals surface area contributed by atoms with Crippen molar-refractivity contribution in [3.05, 3.63) is 0 Å². The van der Waals surface area contributed by atoms with E-state index in [0.717, 1.165) is 64.3 Å². The molecule has 1 aliphatic carbocycles. The number of carbonyl (C=O) groups is 2. The molecule has 0 spiro atoms. The molecule has 0 bridgehead atoms. The first-order valence-electron chi connectivity index (χ1n) is 22.8. The number of phosphoric ester groups is 2. The van der Waals surface area contributed by atoms with Crippen LogP contribution in [0.15, 0.2) is 0 Å². The summed E-state index contributed by atoms with van der Waals surface area (Å²) >= 11 is 0. The van der Waals surface area contributed by atoms with Crippen LogP contribution in [-0.4, -0.2) is 110 Å². The Balaban J connectivity index is 2.60. The number of rotatable bonds is 39. The van der Waals surface area contributed by atoms with Gasteiger partial charge in [-0.25, -0.2) is 9.13 Å². The summed E-state index contributed by atoms with van der Waals surface area (Å²) in [5.74, 6) is -1.20. The molecule has 0 radical (unpaired) electrons. The second-order valence-electron chi connectivity index (χ2n) is 16.3. The Morgan fingerprint density at radius 1 is 0.517 bits per heavy atom. The van der Waals surface area contributed by atoms with Crippen LogP contribution < -0.4 is 5.73 Å². The molecule has 0 aromatic rings. The van der Waals surface area contributed by atoms with E-state index in [2.05, 4.69) is 11.4 Å². The highest BCUT2D eigenvalue weighted by molar-refractivity contribution is 7.47. The van der Waals surface area contributed by atoms with Gasteiger partial charge in [-0.05, 0) is 25.8 Å². The molecule has 1 fully saturated rings. The lowest BCUT2D eigenvalue weighted by Gasteiger charge is -2.43. The van der Waals surface area contributed by atoms with E-state index in [1.54, 1.807) is 0 Å². The molecule has 0 heterocycles. The first-order chi connectivity index (χ1) is 28.6. The summed E-state index contributed by atoms with van der Waals surface area (Å²) in [4.78, 5) is 54.1. The van der Waals surface area contributed by atoms with Crippen LogP contribution in [0.5, 0.6) is 0 Å². The van der Waals surface area contributed by atoms with Gasteiger partial charge < -0.3 is 50.3 Å². The molecule has 1 rings (SSSR count). The molecule has 8 atom stereocenters. The summed E-state index contributed by atoms with van der Waals surface area (Å²) in [5, 5.41) is 41.2. The maximum absolute atomic E-state index is 12.9. The van der Waals surface area contributed by atoms with Crippen molar-refractivity contribution in [3.8, 4) is 0 Å². The molecule has 9 N–H and O–H groups in total. The molecule has 19 heteroatoms. The Morgan fingerprint density at radius 2 is 0.900 bits per heavy atom. The van der Waals surface area contributed by atoms with E-state index in [-0.39, 0.29) is 12.8 Å². The number of unbranched alkanes of at least 4 members (excludes halogenated alkanes) is 24. The fourth-order valence-corrected chi connectivity index (χ4v) is 8.75. The molecular weight excluding hydrogens is 824 g/mol. The predicted octanol–water partition coefficient (Wildman–Crippen LogP) is 6.78. The van der Waals surface area contributed by atoms with Crippen molar-refractivity contribution in [1.29, 1.82) is 0 Å². The molecule has 4 unspecified atom stereocenters. The molecule has 60 heavy (non-hydrogen) atoms. The standard InChI is InChI=1S/C41H81NO16P2/c1-2-3-4-5-6-7-8-10-14-17-20-23-26-29-35(44)56-33(31-54-34(43)28-25-22-19-16-13-11-9-12-15-18-21-24-27-30-42)32-55-60(52,53)58-41-38(47)36(45)37(46)40(39(41)48)57-59(49,50)51/h33,36-41,45-48H,2-32,42H2,1H3,(H,52,53)(H2,49,50,51)/t33-,36-,37?,38?,39+,40+,41?/m1/s1. The lowest BCUT2D eigenvalue weighted by molar-refractivity contribution is -0.216. The second kappa shape index (κ2) is 34.4. The van der Waals surface area contributed by atoms with Crippen molar-refractivity contribution < 1.29 is 76.9 Å². The third-order valence-electron chi connectivity index (χ3n) is 10.8. The maximum atomic E-state index is 12.9. The highest BCUT2D eigenvalue weighted by atomic mass is 31.2. The van der Waals surface area contributed by atoms with Crippen LogP contribution in [0.4, 0.5) is 0 Å². The van der Waals surface area contributed by atoms with Crippen LogP contribution in [0.2, 0.25) is 0 Å². The molecule has 1 saturated carbocycles. The number of ether oxygens (including phenoxy) is 2. The van der Waals surface area contributed by atoms with Gasteiger partial charge >= 0.3 is 27.6 Å². The van der Waals surface area contributed by atoms with Gasteiger partial charge in [-0.3, -0.25) is 23.2 Å². The summed E-state index contributed by atoms with van der Waals surface area (Å²) in [7, 11) is -10.7. The zero-order valence-corrected chi connectivity index (χ0v) is 38.0. The number of hydrogen-bond donors (Lipinski definition) is 8. The predicted molar refractivity (Wildman–Crippen MR) is 226 cm³/mol. The van der Waals surface area contributed by atoms with E-state index in [9.17, 15) is 44.0 Å². The number of aliphatic hydroxyl groups is 4. The van der Waals surface area contributed by atoms with E-state index >= 15 is 0 Å². The fraction of sp³-hybridized carbons (Fsp3) is 0.951. The van der Waals surface area contributed by atoms with E-state index in [1.807, 2.05) is 0 Å². The number of carbonyl (C=O) groups excluding carboxylic acids is 2. The van der Waals surface area contributed by atoms with Crippen molar-refractivity contribution in [3.63, 3.8) is 0 Å². The van der Waals surface area contributed by atoms with Crippen molar-refractivity contribution in [2.24, 2.45) is 5.73 Å². The van der Waals surface area contributed by atoms with Gasteiger partial charge in [0.1, 0.15) is 43.2 Å². The number of phosphoric acid groups is 2. The number of aliphatic hydroxyl groups excluding tert-OH is 4. The van der Waals surface area contributed by atoms with Gasteiger partial charge in [0.25, 0.3) is 0 Å². The normalized spacial score (nSPS) is 22.4. The zero-order valence-electron chi connectivity index (χ0n) is 36.2. The largest absolute Gasteiger partial charge is 0.472 e. The lowest BCUT2D eigenvalue weighted by atomic mass is 9.85. The van der Waals surface area contributed by atoms with Crippen molar-refractivity contribution in [2.45, 2.75) is 229 Å². The minimum Gasteiger partial charge on any atom is -0.462 e. The van der Waals surface area contributed by atoms with E-state index in [1.165, 1.54) is 96.3 Å². The molecule has 0 amide bonds. The SMILES string of the molecule is CCCCCCCCCCCCCCCC(=O)O[C@H](COC(=O)CCCCCCCCCCCCCCCN)COP(=O)(O)OC1C(O)[C@H](O)C(O)[C@H](OP(=O)(O)O)[C@@H]1O. The van der Waals surface area contributed by atoms with Crippen molar-refractivity contribution in [1.82, 2.24) is 0 Å². The molecule has 356 valence electrons. The number of hydrogen-bond acceptors (Lipinski definition) is 14. The van der Waals surface area contributed by atoms with Gasteiger partial charge in [0.2, 0.25) is 0 Å². The lowest BCUT2D eigenvalue weighted by Crippen LogP contribution is -2.64. The zero-order chi connectivity index (χ0) is 44.7. The Morgan fingerprint density at radius 3 is 1.32 bits per heavy atom. The number of esters is 2. The van der Waals surface area contributed by atoms with Crippen LogP contribution in [-0.2, 0) is 41.8 Å². The van der Waals surface area contributed by atoms with Crippen molar-refractivity contribution in [2.75, 3.05) is 19.8 Å². The topological polar surface area (TPSA) is 282 Å². The smallest absolute Gasteiger partial charge is 0.462 e. The third-order valence-corrected chi connectivity index (χ3v) is 12.3. The Kier molecular flexibility index (Phi) is 32.6. The average molecular weight is 906 g/mol. The van der Waals surface area contributed by atoms with Gasteiger partial charge in [-0.15, -0.1) is 0 Å². The van der Waals surface area contributed by atoms with E-state index < -0.39 is 83.5 Å². The number of nitrogens with two attached hydrogens (primary N) is 1. The second-order valence-corrected chi connectivity index (χ2v) is 18.9. The average Bonchev–Trinajstić information content (AvgIpc) is 3.20. The maximum Gasteiger partial charge on any atom is 0.472 e. The van der Waals surface area contributed by atoms with Crippen LogP contribution in [0, 0.1) is 0 Å². The van der Waals surface area contributed by atoms with E-state index in [4.69, 9.17) is 34.0 Å². The van der Waals surface area contributed by atoms with Crippen LogP contribution in [0.1, 0.15) is 187 Å². The molecule has 0 saturated heterocycles. The molecule has 0 aromatic carbocycles. The summed E-state index contributed by atoms with van der Waals surface area (Å²) in [5.41, 5.74) is 5.53. The molecular formula is C41H81NO16P2. The third kappa shape index (κ3) is 28.6. The van der Waals surface area contributed by atoms with Gasteiger partial charge in [0.05, 0.1) is 6.61 Å². The van der Waals surface area contributed by atoms with Crippen molar-refractivity contribution >= 4 is 27.6 Å². The monoisotopic (exact) mass is 906 g/mol. The summed E-state index contributed by atoms with van der Waals surface area (Å²) in [6, 6.07) is 0. The minimum atomic E-state index is -5.36. The summed E-state index contributed by atoms with van der Waals surface area (Å²) in [6.07, 6.45) is 14.4. The molecule has 17 nitrogen and oxygen atoms in total. The van der Waals surface area contributed by atoms with E-state index in [0.29, 0.717) is 12.8 Å². The Hall–Kier alpha value is -1.04. The van der Waals surface area contributed by atoms with Crippen LogP contribution in [0.25, 0.3) is 0 Å². The summed E-state index contributed by atoms with van der Waals surface area (Å²) in [6.45, 7) is 1.64. The van der Waals surface area contributed by atoms with Gasteiger partial charge in [0.15, 0.2) is 6.10 Å². The van der Waals surface area contributed by atoms with Gasteiger partial charge in [-0.2, -0.15) is 0 Å². The fourth-order valence-electron chi connectivity index (χ4n) is 7.22. The molecule has 0 aromatic heterocycles. The summed E-state index contributed by atoms with van der Waals surface area (Å²) < 4.78 is 49.3. The van der Waals surface area contributed by atoms with Gasteiger partial charge in [0, 0.05) is 12.8 Å². The highest BCUT2D eigenvalue weighted by Crippen LogP contribution is 2.49. The minimum absolute atomic E-state index is 0.0480. The van der Waals surface area contributed by atoms with Crippen LogP contribution in [0.3, 0.4) is 0 Å². The molecule has 0 aliphatic heterocycles. The van der Waals surface area contributed by atoms with Crippen LogP contribution >= 0.6 is 15.6 Å². The Bertz CT molecular complexity index is 1200. The first kappa shape index (κ1) is 57.0. The first-order valence-corrected chi connectivity index (χ1v) is 25.8.